The summed E-state index contributed by atoms with van der Waals surface area (Å²) < 4.78 is 19.2. The quantitative estimate of drug-likeness (QED) is 0.447. The number of aliphatic imine (C=N–C) groups is 1. The summed E-state index contributed by atoms with van der Waals surface area (Å²) in [6.45, 7) is 5.75. The third-order valence-corrected chi connectivity index (χ3v) is 4.26. The molecule has 2 aromatic rings. The Labute approximate surface area is 171 Å². The van der Waals surface area contributed by atoms with Gasteiger partial charge in [-0.25, -0.2) is 9.38 Å². The Kier molecular flexibility index (Phi) is 8.95. The van der Waals surface area contributed by atoms with Gasteiger partial charge in [-0.3, -0.25) is 4.79 Å². The van der Waals surface area contributed by atoms with Gasteiger partial charge in [0.25, 0.3) is 5.91 Å². The fraction of sp³-hybridized carbons (Fsp3) is 0.364. The molecule has 2 aromatic carbocycles. The lowest BCUT2D eigenvalue weighted by Crippen LogP contribution is -2.42. The maximum Gasteiger partial charge on any atom is 0.251 e. The summed E-state index contributed by atoms with van der Waals surface area (Å²) in [5, 5.41) is 9.08. The van der Waals surface area contributed by atoms with Gasteiger partial charge in [0.15, 0.2) is 5.96 Å². The fourth-order valence-corrected chi connectivity index (χ4v) is 2.63. The number of amides is 1. The van der Waals surface area contributed by atoms with Gasteiger partial charge < -0.3 is 20.7 Å². The minimum absolute atomic E-state index is 0.112. The Balaban J connectivity index is 1.94. The Morgan fingerprint density at radius 1 is 1.14 bits per heavy atom. The Morgan fingerprint density at radius 2 is 1.90 bits per heavy atom. The van der Waals surface area contributed by atoms with Gasteiger partial charge in [0, 0.05) is 25.2 Å². The molecule has 1 atom stereocenters. The predicted octanol–water partition coefficient (Wildman–Crippen LogP) is 3.10. The molecule has 0 aliphatic heterocycles. The first-order chi connectivity index (χ1) is 14.0. The Morgan fingerprint density at radius 3 is 2.52 bits per heavy atom. The highest BCUT2D eigenvalue weighted by Crippen LogP contribution is 2.14. The molecule has 3 N–H and O–H groups in total. The van der Waals surface area contributed by atoms with E-state index in [1.54, 1.807) is 31.3 Å². The molecule has 7 heteroatoms. The third-order valence-electron chi connectivity index (χ3n) is 4.26. The SMILES string of the molecule is CCNC(=NCc1ccc(C(=O)NC)cc1)NCC(CC)Oc1cccc(F)c1. The first-order valence-corrected chi connectivity index (χ1v) is 9.81. The van der Waals surface area contributed by atoms with Crippen LogP contribution < -0.4 is 20.7 Å². The van der Waals surface area contributed by atoms with E-state index < -0.39 is 0 Å². The summed E-state index contributed by atoms with van der Waals surface area (Å²) in [5.41, 5.74) is 1.61. The van der Waals surface area contributed by atoms with Crippen LogP contribution in [0.1, 0.15) is 36.2 Å². The summed E-state index contributed by atoms with van der Waals surface area (Å²) in [7, 11) is 1.61. The predicted molar refractivity (Wildman–Crippen MR) is 114 cm³/mol. The number of carbonyl (C=O) groups is 1. The highest BCUT2D eigenvalue weighted by molar-refractivity contribution is 5.93. The molecule has 6 nitrogen and oxygen atoms in total. The van der Waals surface area contributed by atoms with E-state index in [0.29, 0.717) is 30.4 Å². The Bertz CT molecular complexity index is 809. The molecule has 0 radical (unpaired) electrons. The number of nitrogens with zero attached hydrogens (tertiary/aromatic N) is 1. The van der Waals surface area contributed by atoms with Crippen LogP contribution in [0, 0.1) is 5.82 Å². The minimum Gasteiger partial charge on any atom is -0.489 e. The summed E-state index contributed by atoms with van der Waals surface area (Å²) in [6.07, 6.45) is 0.650. The highest BCUT2D eigenvalue weighted by atomic mass is 19.1. The number of guanidine groups is 1. The van der Waals surface area contributed by atoms with E-state index in [0.717, 1.165) is 18.5 Å². The van der Waals surface area contributed by atoms with E-state index in [1.165, 1.54) is 12.1 Å². The van der Waals surface area contributed by atoms with Crippen LogP contribution >= 0.6 is 0 Å². The number of rotatable bonds is 9. The number of ether oxygens (including phenoxy) is 1. The molecule has 0 saturated heterocycles. The zero-order valence-electron chi connectivity index (χ0n) is 17.2. The molecular formula is C22H29FN4O2. The summed E-state index contributed by atoms with van der Waals surface area (Å²) in [6, 6.07) is 13.5. The number of benzene rings is 2. The van der Waals surface area contributed by atoms with Crippen LogP contribution in [0.25, 0.3) is 0 Å². The first-order valence-electron chi connectivity index (χ1n) is 9.81. The van der Waals surface area contributed by atoms with Crippen LogP contribution in [0.4, 0.5) is 4.39 Å². The lowest BCUT2D eigenvalue weighted by Gasteiger charge is -2.20. The molecule has 0 heterocycles. The average Bonchev–Trinajstić information content (AvgIpc) is 2.74. The topological polar surface area (TPSA) is 74.8 Å². The van der Waals surface area contributed by atoms with E-state index in [2.05, 4.69) is 20.9 Å². The van der Waals surface area contributed by atoms with Crippen LogP contribution in [0.15, 0.2) is 53.5 Å². The molecule has 1 amide bonds. The van der Waals surface area contributed by atoms with Gasteiger partial charge in [0.2, 0.25) is 0 Å². The van der Waals surface area contributed by atoms with Gasteiger partial charge in [-0.15, -0.1) is 0 Å². The molecular weight excluding hydrogens is 371 g/mol. The van der Waals surface area contributed by atoms with E-state index in [4.69, 9.17) is 4.74 Å². The van der Waals surface area contributed by atoms with Crippen molar-refractivity contribution in [3.8, 4) is 5.75 Å². The van der Waals surface area contributed by atoms with Crippen molar-refractivity contribution < 1.29 is 13.9 Å². The molecule has 0 bridgehead atoms. The zero-order chi connectivity index (χ0) is 21.1. The number of carbonyl (C=O) groups excluding carboxylic acids is 1. The molecule has 2 rings (SSSR count). The third kappa shape index (κ3) is 7.44. The molecule has 1 unspecified atom stereocenters. The second-order valence-electron chi connectivity index (χ2n) is 6.46. The lowest BCUT2D eigenvalue weighted by atomic mass is 10.1. The zero-order valence-corrected chi connectivity index (χ0v) is 17.2. The van der Waals surface area contributed by atoms with E-state index >= 15 is 0 Å². The van der Waals surface area contributed by atoms with Crippen molar-refractivity contribution in [1.29, 1.82) is 0 Å². The van der Waals surface area contributed by atoms with Crippen molar-refractivity contribution in [1.82, 2.24) is 16.0 Å². The van der Waals surface area contributed by atoms with Crippen molar-refractivity contribution in [2.45, 2.75) is 32.9 Å². The van der Waals surface area contributed by atoms with Crippen LogP contribution in [0.3, 0.4) is 0 Å². The summed E-state index contributed by atoms with van der Waals surface area (Å²) in [4.78, 5) is 16.2. The maximum absolute atomic E-state index is 13.3. The van der Waals surface area contributed by atoms with E-state index in [9.17, 15) is 9.18 Å². The van der Waals surface area contributed by atoms with Gasteiger partial charge in [-0.1, -0.05) is 25.1 Å². The van der Waals surface area contributed by atoms with Gasteiger partial charge in [0.1, 0.15) is 17.7 Å². The van der Waals surface area contributed by atoms with E-state index in [-0.39, 0.29) is 17.8 Å². The monoisotopic (exact) mass is 400 g/mol. The van der Waals surface area contributed by atoms with Crippen LogP contribution in [-0.2, 0) is 6.54 Å². The van der Waals surface area contributed by atoms with Gasteiger partial charge in [-0.05, 0) is 43.2 Å². The Hall–Kier alpha value is -3.09. The fourth-order valence-electron chi connectivity index (χ4n) is 2.63. The maximum atomic E-state index is 13.3. The lowest BCUT2D eigenvalue weighted by molar-refractivity contribution is 0.0963. The molecule has 0 aromatic heterocycles. The number of hydrogen-bond acceptors (Lipinski definition) is 3. The number of hydrogen-bond donors (Lipinski definition) is 3. The van der Waals surface area contributed by atoms with E-state index in [1.807, 2.05) is 26.0 Å². The second kappa shape index (κ2) is 11.7. The van der Waals surface area contributed by atoms with Crippen molar-refractivity contribution in [2.24, 2.45) is 4.99 Å². The largest absolute Gasteiger partial charge is 0.489 e. The second-order valence-corrected chi connectivity index (χ2v) is 6.46. The molecule has 0 saturated carbocycles. The first kappa shape index (κ1) is 22.2. The number of halogens is 1. The standard InChI is InChI=1S/C22H29FN4O2/c1-4-19(29-20-8-6-7-18(23)13-20)15-27-22(25-5-2)26-14-16-9-11-17(12-10-16)21(28)24-3/h6-13,19H,4-5,14-15H2,1-3H3,(H,24,28)(H2,25,26,27). The average molecular weight is 400 g/mol. The van der Waals surface area contributed by atoms with Crippen LogP contribution in [0.2, 0.25) is 0 Å². The van der Waals surface area contributed by atoms with Gasteiger partial charge >= 0.3 is 0 Å². The molecule has 0 aliphatic carbocycles. The van der Waals surface area contributed by atoms with Crippen LogP contribution in [0.5, 0.6) is 5.75 Å². The van der Waals surface area contributed by atoms with Gasteiger partial charge in [0.05, 0.1) is 13.1 Å². The minimum atomic E-state index is -0.317. The van der Waals surface area contributed by atoms with Crippen LogP contribution in [-0.4, -0.2) is 38.1 Å². The normalized spacial score (nSPS) is 12.2. The smallest absolute Gasteiger partial charge is 0.251 e. The van der Waals surface area contributed by atoms with Crippen molar-refractivity contribution in [3.63, 3.8) is 0 Å². The summed E-state index contributed by atoms with van der Waals surface area (Å²) in [5.74, 6) is 0.752. The molecule has 0 fully saturated rings. The van der Waals surface area contributed by atoms with Crippen molar-refractivity contribution in [2.75, 3.05) is 20.1 Å². The van der Waals surface area contributed by atoms with Crippen molar-refractivity contribution >= 4 is 11.9 Å². The van der Waals surface area contributed by atoms with Gasteiger partial charge in [-0.2, -0.15) is 0 Å². The number of nitrogens with one attached hydrogen (secondary N) is 3. The van der Waals surface area contributed by atoms with Crippen molar-refractivity contribution in [3.05, 3.63) is 65.5 Å². The molecule has 156 valence electrons. The highest BCUT2D eigenvalue weighted by Gasteiger charge is 2.10. The summed E-state index contributed by atoms with van der Waals surface area (Å²) >= 11 is 0. The molecule has 0 aliphatic rings. The molecule has 29 heavy (non-hydrogen) atoms. The molecule has 0 spiro atoms.